The van der Waals surface area contributed by atoms with Crippen LogP contribution in [0.25, 0.3) is 0 Å². The predicted octanol–water partition coefficient (Wildman–Crippen LogP) is -0.709. The Labute approximate surface area is 161 Å². The summed E-state index contributed by atoms with van der Waals surface area (Å²) in [5.74, 6) is 0. The van der Waals surface area contributed by atoms with Crippen LogP contribution in [0.3, 0.4) is 0 Å². The van der Waals surface area contributed by atoms with Crippen molar-refractivity contribution in [3.63, 3.8) is 0 Å². The molecule has 2 aromatic rings. The van der Waals surface area contributed by atoms with Gasteiger partial charge in [0.05, 0.1) is 0 Å². The second-order valence-corrected chi connectivity index (χ2v) is 11.6. The van der Waals surface area contributed by atoms with Gasteiger partial charge in [-0.05, 0) is 0 Å². The van der Waals surface area contributed by atoms with E-state index in [1.165, 1.54) is 19.3 Å². The smallest absolute Gasteiger partial charge is 0.172 e. The van der Waals surface area contributed by atoms with Crippen molar-refractivity contribution in [1.29, 1.82) is 0 Å². The molecule has 0 saturated carbocycles. The molecule has 0 bridgehead atoms. The van der Waals surface area contributed by atoms with Gasteiger partial charge in [0.2, 0.25) is 0 Å². The van der Waals surface area contributed by atoms with Gasteiger partial charge in [0, 0.05) is 0 Å². The number of hydrogen-bond acceptors (Lipinski definition) is 0. The fourth-order valence-corrected chi connectivity index (χ4v) is 2.05. The molecule has 0 heterocycles. The molecule has 124 valence electrons. The molecule has 0 radical (unpaired) electrons. The Morgan fingerprint density at radius 3 is 1.82 bits per heavy atom. The Bertz CT molecular complexity index is 419. The molecule has 0 nitrogen and oxygen atoms in total. The largest absolute Gasteiger partial charge is 1.00 e. The third-order valence-corrected chi connectivity index (χ3v) is 2.93. The van der Waals surface area contributed by atoms with Gasteiger partial charge in [0.25, 0.3) is 0 Å². The number of halogens is 2. The van der Waals surface area contributed by atoms with Crippen molar-refractivity contribution in [2.75, 3.05) is 0 Å². The van der Waals surface area contributed by atoms with Crippen molar-refractivity contribution >= 4 is 6.19 Å². The van der Waals surface area contributed by atoms with Gasteiger partial charge in [-0.15, -0.1) is 0 Å². The molecule has 4 heteroatoms. The third-order valence-electron chi connectivity index (χ3n) is 2.93. The molecule has 0 aliphatic heterocycles. The number of hydrogen-bond donors (Lipinski definition) is 0. The summed E-state index contributed by atoms with van der Waals surface area (Å²) >= 11 is 2.27. The molecule has 0 spiro atoms. The zero-order valence-corrected chi connectivity index (χ0v) is 18.5. The molecule has 0 saturated heterocycles. The first kappa shape index (κ1) is 27.1. The first-order chi connectivity index (χ1) is 9.56. The molecule has 0 aromatic heterocycles. The van der Waals surface area contributed by atoms with E-state index in [4.69, 9.17) is 0 Å². The maximum atomic E-state index is 2.28. The zero-order valence-electron chi connectivity index (χ0n) is 14.4. The molecule has 0 aliphatic carbocycles. The monoisotopic (exact) mass is 390 g/mol. The number of aryl methyl sites for hydroxylation is 2. The maximum absolute atomic E-state index is 2.28. The van der Waals surface area contributed by atoms with E-state index < -0.39 is 0 Å². The van der Waals surface area contributed by atoms with Gasteiger partial charge in [-0.2, -0.15) is 41.0 Å². The van der Waals surface area contributed by atoms with Crippen LogP contribution in [0, 0.1) is 0 Å². The SMILES string of the molecule is CCc1cc[c-](CC)c1CC.C[Si](C)=[Ti+2].[Cl-].[Cl-].c1cc[cH-]c1. The minimum absolute atomic E-state index is 0. The van der Waals surface area contributed by atoms with Gasteiger partial charge in [-0.25, -0.2) is 18.2 Å². The van der Waals surface area contributed by atoms with Crippen molar-refractivity contribution < 1.29 is 44.0 Å². The van der Waals surface area contributed by atoms with E-state index in [-0.39, 0.29) is 31.0 Å². The van der Waals surface area contributed by atoms with Gasteiger partial charge < -0.3 is 24.8 Å². The van der Waals surface area contributed by atoms with Crippen LogP contribution in [-0.4, -0.2) is 6.19 Å². The Morgan fingerprint density at radius 2 is 1.55 bits per heavy atom. The average Bonchev–Trinajstić information content (AvgIpc) is 3.09. The minimum atomic E-state index is 0. The van der Waals surface area contributed by atoms with Crippen molar-refractivity contribution in [2.45, 2.75) is 53.1 Å². The van der Waals surface area contributed by atoms with Crippen LogP contribution in [0.1, 0.15) is 37.5 Å². The van der Waals surface area contributed by atoms with E-state index in [1.807, 2.05) is 30.3 Å². The standard InChI is InChI=1S/C11H17.C5H5.C2H6Si.2ClH.Ti/c1-4-9-7-8-10(5-2)11(9)6-3;1-2-4-5-3-1;1-3-2;;;/h7-8H,4-6H2,1-3H3;1-5H;1-2H3;2*1H;/q2*-1;;;;+2/p-2. The fraction of sp³-hybridized carbons (Fsp3) is 0.444. The molecule has 0 fully saturated rings. The van der Waals surface area contributed by atoms with Crippen LogP contribution in [0.2, 0.25) is 13.1 Å². The van der Waals surface area contributed by atoms with Gasteiger partial charge in [0.1, 0.15) is 0 Å². The first-order valence-electron chi connectivity index (χ1n) is 7.51. The molecular formula is C18H28Cl2SiTi-2. The van der Waals surface area contributed by atoms with Crippen LogP contribution < -0.4 is 24.8 Å². The van der Waals surface area contributed by atoms with Crippen LogP contribution in [0.5, 0.6) is 0 Å². The summed E-state index contributed by atoms with van der Waals surface area (Å²) in [6, 6.07) is 14.6. The first-order valence-corrected chi connectivity index (χ1v) is 12.4. The molecule has 22 heavy (non-hydrogen) atoms. The molecule has 2 rings (SSSR count). The molecular weight excluding hydrogens is 363 g/mol. The van der Waals surface area contributed by atoms with Gasteiger partial charge in [0.15, 0.2) is 0 Å². The molecule has 0 atom stereocenters. The Kier molecular flexibility index (Phi) is 21.6. The molecule has 2 aromatic carbocycles. The van der Waals surface area contributed by atoms with E-state index in [0.717, 1.165) is 0 Å². The quantitative estimate of drug-likeness (QED) is 0.479. The summed E-state index contributed by atoms with van der Waals surface area (Å²) in [5, 5.41) is 0. The van der Waals surface area contributed by atoms with Gasteiger partial charge >= 0.3 is 38.5 Å². The van der Waals surface area contributed by atoms with Crippen LogP contribution in [0.4, 0.5) is 0 Å². The normalized spacial score (nSPS) is 8.32. The maximum Gasteiger partial charge on any atom is -0.172 e. The van der Waals surface area contributed by atoms with Crippen LogP contribution in [-0.2, 0) is 38.4 Å². The predicted molar refractivity (Wildman–Crippen MR) is 89.7 cm³/mol. The fourth-order valence-electron chi connectivity index (χ4n) is 2.05. The van der Waals surface area contributed by atoms with Crippen molar-refractivity contribution in [3.8, 4) is 0 Å². The van der Waals surface area contributed by atoms with E-state index in [2.05, 4.69) is 65.2 Å². The molecule has 0 amide bonds. The summed E-state index contributed by atoms with van der Waals surface area (Å²) in [4.78, 5) is 0. The van der Waals surface area contributed by atoms with Crippen molar-refractivity contribution in [1.82, 2.24) is 0 Å². The van der Waals surface area contributed by atoms with Crippen molar-refractivity contribution in [2.24, 2.45) is 0 Å². The van der Waals surface area contributed by atoms with Crippen molar-refractivity contribution in [3.05, 3.63) is 59.2 Å². The molecule has 0 aliphatic rings. The van der Waals surface area contributed by atoms with Gasteiger partial charge in [-0.1, -0.05) is 40.0 Å². The minimum Gasteiger partial charge on any atom is -1.00 e. The van der Waals surface area contributed by atoms with Gasteiger partial charge in [-0.3, -0.25) is 0 Å². The van der Waals surface area contributed by atoms with E-state index in [0.29, 0.717) is 0 Å². The van der Waals surface area contributed by atoms with Crippen LogP contribution >= 0.6 is 0 Å². The molecule has 0 unspecified atom stereocenters. The Balaban J connectivity index is -0.000000278. The second-order valence-electron chi connectivity index (χ2n) is 4.89. The topological polar surface area (TPSA) is 0 Å². The van der Waals surface area contributed by atoms with E-state index in [9.17, 15) is 0 Å². The second kappa shape index (κ2) is 17.6. The third kappa shape index (κ3) is 12.7. The zero-order chi connectivity index (χ0) is 15.4. The Hall–Kier alpha value is 0.211. The average molecular weight is 391 g/mol. The molecule has 0 N–H and O–H groups in total. The number of rotatable bonds is 3. The summed E-state index contributed by atoms with van der Waals surface area (Å²) in [6.45, 7) is 11.2. The summed E-state index contributed by atoms with van der Waals surface area (Å²) < 4.78 is 0. The van der Waals surface area contributed by atoms with E-state index >= 15 is 0 Å². The van der Waals surface area contributed by atoms with Crippen LogP contribution in [0.15, 0.2) is 42.5 Å². The summed E-state index contributed by atoms with van der Waals surface area (Å²) in [5.41, 5.74) is 4.68. The summed E-state index contributed by atoms with van der Waals surface area (Å²) in [6.07, 6.45) is 3.68. The summed E-state index contributed by atoms with van der Waals surface area (Å²) in [7, 11) is 0. The van der Waals surface area contributed by atoms with E-state index in [1.54, 1.807) is 16.7 Å². The Morgan fingerprint density at radius 1 is 1.05 bits per heavy atom.